The molecule has 1 aliphatic heterocycles. The summed E-state index contributed by atoms with van der Waals surface area (Å²) in [6.07, 6.45) is -0.159. The van der Waals surface area contributed by atoms with Crippen molar-refractivity contribution in [3.05, 3.63) is 59.7 Å². The average Bonchev–Trinajstić information content (AvgIpc) is 3.10. The Morgan fingerprint density at radius 2 is 1.61 bits per heavy atom. The Balaban J connectivity index is 1.11. The summed E-state index contributed by atoms with van der Waals surface area (Å²) >= 11 is 0. The van der Waals surface area contributed by atoms with Gasteiger partial charge in [0.25, 0.3) is 0 Å². The van der Waals surface area contributed by atoms with Crippen LogP contribution in [-0.2, 0) is 19.1 Å². The van der Waals surface area contributed by atoms with Crippen LogP contribution < -0.4 is 5.32 Å². The SMILES string of the molecule is O=C(O)CC1CN(C(=O)CCOCCNC(=O)OCC2c3ccccc3-c3ccccc32)C1. The Morgan fingerprint density at radius 3 is 2.24 bits per heavy atom. The van der Waals surface area contributed by atoms with Crippen LogP contribution in [0.15, 0.2) is 48.5 Å². The van der Waals surface area contributed by atoms with Crippen molar-refractivity contribution in [2.45, 2.75) is 18.8 Å². The summed E-state index contributed by atoms with van der Waals surface area (Å²) in [5.74, 6) is -0.809. The van der Waals surface area contributed by atoms with E-state index in [2.05, 4.69) is 29.6 Å². The van der Waals surface area contributed by atoms with Gasteiger partial charge in [-0.15, -0.1) is 0 Å². The number of amides is 2. The van der Waals surface area contributed by atoms with E-state index >= 15 is 0 Å². The zero-order chi connectivity index (χ0) is 23.2. The van der Waals surface area contributed by atoms with E-state index in [0.717, 1.165) is 11.1 Å². The molecule has 0 bridgehead atoms. The highest BCUT2D eigenvalue weighted by Gasteiger charge is 2.31. The van der Waals surface area contributed by atoms with Gasteiger partial charge in [0.2, 0.25) is 5.91 Å². The molecular formula is C25H28N2O6. The lowest BCUT2D eigenvalue weighted by molar-refractivity contribution is -0.145. The first-order chi connectivity index (χ1) is 16.0. The monoisotopic (exact) mass is 452 g/mol. The summed E-state index contributed by atoms with van der Waals surface area (Å²) in [5.41, 5.74) is 4.69. The highest BCUT2D eigenvalue weighted by Crippen LogP contribution is 2.44. The topological polar surface area (TPSA) is 105 Å². The Bertz CT molecular complexity index is 972. The number of carboxylic acid groups (broad SMARTS) is 1. The maximum Gasteiger partial charge on any atom is 0.407 e. The zero-order valence-electron chi connectivity index (χ0n) is 18.4. The van der Waals surface area contributed by atoms with Crippen LogP contribution in [0.3, 0.4) is 0 Å². The van der Waals surface area contributed by atoms with Gasteiger partial charge in [-0.3, -0.25) is 9.59 Å². The minimum absolute atomic E-state index is 0.0158. The summed E-state index contributed by atoms with van der Waals surface area (Å²) in [5, 5.41) is 11.4. The molecule has 0 aromatic heterocycles. The zero-order valence-corrected chi connectivity index (χ0v) is 18.4. The van der Waals surface area contributed by atoms with Gasteiger partial charge in [-0.2, -0.15) is 0 Å². The van der Waals surface area contributed by atoms with Crippen molar-refractivity contribution >= 4 is 18.0 Å². The average molecular weight is 453 g/mol. The first-order valence-corrected chi connectivity index (χ1v) is 11.2. The van der Waals surface area contributed by atoms with Gasteiger partial charge in [-0.25, -0.2) is 4.79 Å². The molecule has 2 aliphatic rings. The molecule has 8 heteroatoms. The van der Waals surface area contributed by atoms with Gasteiger partial charge in [-0.05, 0) is 22.3 Å². The van der Waals surface area contributed by atoms with Crippen molar-refractivity contribution in [2.24, 2.45) is 5.92 Å². The second-order valence-electron chi connectivity index (χ2n) is 8.38. The van der Waals surface area contributed by atoms with E-state index in [4.69, 9.17) is 14.6 Å². The molecule has 0 spiro atoms. The molecule has 0 radical (unpaired) electrons. The van der Waals surface area contributed by atoms with E-state index in [1.807, 2.05) is 24.3 Å². The Labute approximate surface area is 192 Å². The van der Waals surface area contributed by atoms with Gasteiger partial charge < -0.3 is 24.8 Å². The Kier molecular flexibility index (Phi) is 7.24. The number of benzene rings is 2. The Hall–Kier alpha value is -3.39. The molecule has 2 aromatic carbocycles. The molecule has 8 nitrogen and oxygen atoms in total. The maximum absolute atomic E-state index is 12.1. The van der Waals surface area contributed by atoms with Gasteiger partial charge in [0, 0.05) is 31.5 Å². The van der Waals surface area contributed by atoms with Crippen LogP contribution in [0.5, 0.6) is 0 Å². The lowest BCUT2D eigenvalue weighted by Crippen LogP contribution is -2.50. The number of hydrogen-bond donors (Lipinski definition) is 2. The summed E-state index contributed by atoms with van der Waals surface area (Å²) < 4.78 is 10.9. The third-order valence-corrected chi connectivity index (χ3v) is 6.09. The number of rotatable bonds is 10. The molecule has 0 unspecified atom stereocenters. The molecule has 1 aliphatic carbocycles. The number of likely N-dealkylation sites (tertiary alicyclic amines) is 1. The van der Waals surface area contributed by atoms with Gasteiger partial charge in [0.15, 0.2) is 0 Å². The number of hydrogen-bond acceptors (Lipinski definition) is 5. The van der Waals surface area contributed by atoms with Crippen LogP contribution in [0.4, 0.5) is 4.79 Å². The predicted octanol–water partition coefficient (Wildman–Crippen LogP) is 2.86. The molecule has 174 valence electrons. The van der Waals surface area contributed by atoms with Gasteiger partial charge in [-0.1, -0.05) is 48.5 Å². The summed E-state index contributed by atoms with van der Waals surface area (Å²) in [6, 6.07) is 16.3. The number of carbonyl (C=O) groups excluding carboxylic acids is 2. The number of aliphatic carboxylic acids is 1. The lowest BCUT2D eigenvalue weighted by Gasteiger charge is -2.38. The van der Waals surface area contributed by atoms with E-state index in [-0.39, 0.29) is 57.0 Å². The first-order valence-electron chi connectivity index (χ1n) is 11.2. The van der Waals surface area contributed by atoms with E-state index in [9.17, 15) is 14.4 Å². The van der Waals surface area contributed by atoms with E-state index in [1.54, 1.807) is 4.90 Å². The van der Waals surface area contributed by atoms with Crippen molar-refractivity contribution < 1.29 is 29.0 Å². The molecule has 0 atom stereocenters. The minimum atomic E-state index is -0.834. The molecular weight excluding hydrogens is 424 g/mol. The van der Waals surface area contributed by atoms with E-state index < -0.39 is 12.1 Å². The molecule has 1 heterocycles. The van der Waals surface area contributed by atoms with Crippen molar-refractivity contribution in [3.8, 4) is 11.1 Å². The molecule has 1 saturated heterocycles. The third-order valence-electron chi connectivity index (χ3n) is 6.09. The first kappa shape index (κ1) is 22.8. The number of nitrogens with zero attached hydrogens (tertiary/aromatic N) is 1. The van der Waals surface area contributed by atoms with Crippen molar-refractivity contribution in [3.63, 3.8) is 0 Å². The summed E-state index contributed by atoms with van der Waals surface area (Å²) in [4.78, 5) is 36.4. The highest BCUT2D eigenvalue weighted by atomic mass is 16.5. The minimum Gasteiger partial charge on any atom is -0.481 e. The van der Waals surface area contributed by atoms with E-state index in [0.29, 0.717) is 13.1 Å². The van der Waals surface area contributed by atoms with Crippen LogP contribution >= 0.6 is 0 Å². The normalized spacial score (nSPS) is 14.8. The van der Waals surface area contributed by atoms with Crippen LogP contribution in [0.1, 0.15) is 29.9 Å². The number of carbonyl (C=O) groups is 3. The molecule has 0 saturated carbocycles. The van der Waals surface area contributed by atoms with Crippen molar-refractivity contribution in [2.75, 3.05) is 39.5 Å². The molecule has 33 heavy (non-hydrogen) atoms. The third kappa shape index (κ3) is 5.51. The summed E-state index contributed by atoms with van der Waals surface area (Å²) in [6.45, 7) is 2.07. The smallest absolute Gasteiger partial charge is 0.407 e. The van der Waals surface area contributed by atoms with Crippen molar-refractivity contribution in [1.82, 2.24) is 10.2 Å². The maximum atomic E-state index is 12.1. The van der Waals surface area contributed by atoms with Gasteiger partial charge in [0.1, 0.15) is 6.61 Å². The van der Waals surface area contributed by atoms with Gasteiger partial charge >= 0.3 is 12.1 Å². The second kappa shape index (κ2) is 10.5. The lowest BCUT2D eigenvalue weighted by atomic mass is 9.96. The quantitative estimate of drug-likeness (QED) is 0.537. The second-order valence-corrected chi connectivity index (χ2v) is 8.38. The molecule has 2 N–H and O–H groups in total. The molecule has 1 fully saturated rings. The number of fused-ring (bicyclic) bond motifs is 3. The Morgan fingerprint density at radius 1 is 0.970 bits per heavy atom. The number of ether oxygens (including phenoxy) is 2. The van der Waals surface area contributed by atoms with E-state index in [1.165, 1.54) is 11.1 Å². The molecule has 2 aromatic rings. The fraction of sp³-hybridized carbons (Fsp3) is 0.400. The standard InChI is InChI=1S/C25H28N2O6/c28-23(27-14-17(15-27)13-24(29)30)9-11-32-12-10-26-25(31)33-16-22-20-7-3-1-5-18(20)19-6-2-4-8-21(19)22/h1-8,17,22H,9-16H2,(H,26,31)(H,29,30). The number of nitrogens with one attached hydrogen (secondary N) is 1. The predicted molar refractivity (Wildman–Crippen MR) is 121 cm³/mol. The largest absolute Gasteiger partial charge is 0.481 e. The summed E-state index contributed by atoms with van der Waals surface area (Å²) in [7, 11) is 0. The molecule has 4 rings (SSSR count). The number of alkyl carbamates (subject to hydrolysis) is 1. The van der Waals surface area contributed by atoms with Crippen molar-refractivity contribution in [1.29, 1.82) is 0 Å². The fourth-order valence-electron chi connectivity index (χ4n) is 4.44. The van der Waals surface area contributed by atoms with Crippen LogP contribution in [0, 0.1) is 5.92 Å². The van der Waals surface area contributed by atoms with Gasteiger partial charge in [0.05, 0.1) is 26.1 Å². The van der Waals surface area contributed by atoms with Crippen LogP contribution in [-0.4, -0.2) is 67.4 Å². The van der Waals surface area contributed by atoms with Crippen LogP contribution in [0.2, 0.25) is 0 Å². The fourth-order valence-corrected chi connectivity index (χ4v) is 4.44. The number of carboxylic acids is 1. The highest BCUT2D eigenvalue weighted by molar-refractivity contribution is 5.79. The molecule has 2 amide bonds. The van der Waals surface area contributed by atoms with Crippen LogP contribution in [0.25, 0.3) is 11.1 Å².